The molecule has 5 rings (SSSR count). The first-order valence-electron chi connectivity index (χ1n) is 10.9. The molecule has 33 heavy (non-hydrogen) atoms. The number of ether oxygens (including phenoxy) is 1. The van der Waals surface area contributed by atoms with Crippen molar-refractivity contribution in [1.82, 2.24) is 14.5 Å². The minimum Gasteiger partial charge on any atom is -0.435 e. The number of halogens is 3. The van der Waals surface area contributed by atoms with E-state index in [1.165, 1.54) is 18.3 Å². The fourth-order valence-electron chi connectivity index (χ4n) is 4.78. The minimum absolute atomic E-state index is 0.185. The first-order valence-corrected chi connectivity index (χ1v) is 10.9. The highest BCUT2D eigenvalue weighted by molar-refractivity contribution is 6.01. The highest BCUT2D eigenvalue weighted by Crippen LogP contribution is 2.38. The Bertz CT molecular complexity index is 1180. The molecule has 2 fully saturated rings. The lowest BCUT2D eigenvalue weighted by Crippen LogP contribution is -2.29. The van der Waals surface area contributed by atoms with Gasteiger partial charge in [0.05, 0.1) is 29.4 Å². The van der Waals surface area contributed by atoms with Gasteiger partial charge in [-0.2, -0.15) is 13.9 Å². The molecule has 4 heterocycles. The Morgan fingerprint density at radius 3 is 2.79 bits per heavy atom. The second-order valence-electron chi connectivity index (χ2n) is 8.42. The van der Waals surface area contributed by atoms with Gasteiger partial charge in [0.1, 0.15) is 11.6 Å². The van der Waals surface area contributed by atoms with E-state index in [4.69, 9.17) is 0 Å². The summed E-state index contributed by atoms with van der Waals surface area (Å²) in [4.78, 5) is 16.7. The molecule has 0 radical (unpaired) electrons. The number of carbonyl (C=O) groups is 1. The largest absolute Gasteiger partial charge is 0.435 e. The van der Waals surface area contributed by atoms with Gasteiger partial charge in [-0.1, -0.05) is 0 Å². The molecule has 0 saturated carbocycles. The molecule has 10 heteroatoms. The topological polar surface area (TPSA) is 70.3 Å². The Balaban J connectivity index is 1.46. The number of pyridine rings is 1. The van der Waals surface area contributed by atoms with Gasteiger partial charge in [0.2, 0.25) is 0 Å². The molecule has 0 aliphatic carbocycles. The molecule has 2 saturated heterocycles. The number of rotatable bonds is 5. The van der Waals surface area contributed by atoms with E-state index in [0.717, 1.165) is 24.6 Å². The summed E-state index contributed by atoms with van der Waals surface area (Å²) in [5.41, 5.74) is 2.45. The maximum absolute atomic E-state index is 14.1. The number of carbonyl (C=O) groups excluding carboxylic acids is 1. The summed E-state index contributed by atoms with van der Waals surface area (Å²) < 4.78 is 45.5. The fourth-order valence-corrected chi connectivity index (χ4v) is 4.78. The van der Waals surface area contributed by atoms with Crippen LogP contribution in [0.1, 0.15) is 41.2 Å². The maximum atomic E-state index is 14.1. The van der Waals surface area contributed by atoms with Gasteiger partial charge in [-0.15, -0.1) is 0 Å². The predicted molar refractivity (Wildman–Crippen MR) is 114 cm³/mol. The number of hydrogen-bond donors (Lipinski definition) is 1. The van der Waals surface area contributed by atoms with Crippen molar-refractivity contribution in [3.05, 3.63) is 59.7 Å². The molecule has 7 nitrogen and oxygen atoms in total. The van der Waals surface area contributed by atoms with E-state index in [9.17, 15) is 23.1 Å². The van der Waals surface area contributed by atoms with E-state index in [1.54, 1.807) is 15.6 Å². The average molecular weight is 460 g/mol. The Labute approximate surface area is 188 Å². The molecule has 1 N–H and O–H groups in total. The van der Waals surface area contributed by atoms with Gasteiger partial charge >= 0.3 is 6.61 Å². The Morgan fingerprint density at radius 2 is 2.03 bits per heavy atom. The molecule has 2 atom stereocenters. The third kappa shape index (κ3) is 4.22. The van der Waals surface area contributed by atoms with Crippen LogP contribution >= 0.6 is 0 Å². The third-order valence-electron chi connectivity index (χ3n) is 6.27. The van der Waals surface area contributed by atoms with Crippen molar-refractivity contribution in [1.29, 1.82) is 0 Å². The number of nitrogens with zero attached hydrogens (tertiary/aromatic N) is 4. The van der Waals surface area contributed by atoms with Gasteiger partial charge in [-0.25, -0.2) is 8.91 Å². The van der Waals surface area contributed by atoms with E-state index in [-0.39, 0.29) is 17.7 Å². The van der Waals surface area contributed by atoms with E-state index >= 15 is 0 Å². The lowest BCUT2D eigenvalue weighted by molar-refractivity contribution is -0.0500. The number of aliphatic hydroxyl groups is 1. The lowest BCUT2D eigenvalue weighted by Gasteiger charge is -2.28. The van der Waals surface area contributed by atoms with Crippen LogP contribution in [0.4, 0.5) is 18.9 Å². The summed E-state index contributed by atoms with van der Waals surface area (Å²) in [5, 5.41) is 14.0. The number of aromatic nitrogens is 2. The Morgan fingerprint density at radius 1 is 1.18 bits per heavy atom. The Hall–Kier alpha value is -3.27. The molecular weight excluding hydrogens is 437 g/mol. The summed E-state index contributed by atoms with van der Waals surface area (Å²) in [6.45, 7) is -1.55. The summed E-state index contributed by atoms with van der Waals surface area (Å²) in [6.07, 6.45) is 4.88. The number of β-amino-alcohol motifs (C(OH)–C–C–N with tert-alkyl or cyclic N) is 1. The van der Waals surface area contributed by atoms with Crippen LogP contribution in [0.25, 0.3) is 5.52 Å². The molecule has 2 aliphatic heterocycles. The fraction of sp³-hybridized carbons (Fsp3) is 0.391. The molecule has 2 aliphatic rings. The molecule has 1 unspecified atom stereocenters. The highest BCUT2D eigenvalue weighted by Gasteiger charge is 2.30. The van der Waals surface area contributed by atoms with Crippen LogP contribution in [0.3, 0.4) is 0 Å². The SMILES string of the molecule is O=C(c1cnn2ccc(N3CCCC3c3cc(F)cc(OC(F)F)c3)cc12)N1CC[C@H](O)C1. The van der Waals surface area contributed by atoms with Gasteiger partial charge in [0, 0.05) is 37.6 Å². The monoisotopic (exact) mass is 460 g/mol. The van der Waals surface area contributed by atoms with Crippen LogP contribution in [0.5, 0.6) is 5.75 Å². The molecule has 0 spiro atoms. The molecule has 1 aromatic carbocycles. The van der Waals surface area contributed by atoms with E-state index in [2.05, 4.69) is 14.7 Å². The normalized spacial score (nSPS) is 20.9. The van der Waals surface area contributed by atoms with Crippen molar-refractivity contribution in [2.75, 3.05) is 24.5 Å². The van der Waals surface area contributed by atoms with Crippen LogP contribution in [-0.4, -0.2) is 57.9 Å². The van der Waals surface area contributed by atoms with Crippen molar-refractivity contribution < 1.29 is 27.8 Å². The lowest BCUT2D eigenvalue weighted by atomic mass is 10.0. The quantitative estimate of drug-likeness (QED) is 0.630. The van der Waals surface area contributed by atoms with Crippen LogP contribution in [0, 0.1) is 5.82 Å². The second kappa shape index (κ2) is 8.58. The van der Waals surface area contributed by atoms with Gasteiger partial charge in [0.25, 0.3) is 5.91 Å². The van der Waals surface area contributed by atoms with Gasteiger partial charge in [0.15, 0.2) is 0 Å². The van der Waals surface area contributed by atoms with Gasteiger partial charge in [-0.3, -0.25) is 4.79 Å². The summed E-state index contributed by atoms with van der Waals surface area (Å²) in [5.74, 6) is -1.03. The van der Waals surface area contributed by atoms with Crippen molar-refractivity contribution in [2.24, 2.45) is 0 Å². The van der Waals surface area contributed by atoms with Crippen molar-refractivity contribution in [3.8, 4) is 5.75 Å². The van der Waals surface area contributed by atoms with Crippen molar-refractivity contribution >= 4 is 17.1 Å². The first kappa shape index (κ1) is 21.6. The second-order valence-corrected chi connectivity index (χ2v) is 8.42. The predicted octanol–water partition coefficient (Wildman–Crippen LogP) is 3.62. The molecule has 3 aromatic rings. The number of amides is 1. The van der Waals surface area contributed by atoms with E-state index in [1.807, 2.05) is 12.1 Å². The zero-order chi connectivity index (χ0) is 23.1. The number of aliphatic hydroxyl groups excluding tert-OH is 1. The average Bonchev–Trinajstić information content (AvgIpc) is 3.51. The summed E-state index contributed by atoms with van der Waals surface area (Å²) in [7, 11) is 0. The van der Waals surface area contributed by atoms with Gasteiger partial charge < -0.3 is 19.6 Å². The number of likely N-dealkylation sites (tertiary alicyclic amines) is 1. The number of alkyl halides is 2. The zero-order valence-corrected chi connectivity index (χ0v) is 17.7. The highest BCUT2D eigenvalue weighted by atomic mass is 19.3. The summed E-state index contributed by atoms with van der Waals surface area (Å²) in [6, 6.07) is 7.23. The molecule has 1 amide bonds. The molecule has 174 valence electrons. The van der Waals surface area contributed by atoms with Crippen LogP contribution in [-0.2, 0) is 0 Å². The van der Waals surface area contributed by atoms with Crippen LogP contribution in [0.2, 0.25) is 0 Å². The number of hydrogen-bond acceptors (Lipinski definition) is 5. The summed E-state index contributed by atoms with van der Waals surface area (Å²) >= 11 is 0. The molecule has 2 aromatic heterocycles. The van der Waals surface area contributed by atoms with E-state index < -0.39 is 18.5 Å². The smallest absolute Gasteiger partial charge is 0.387 e. The maximum Gasteiger partial charge on any atom is 0.387 e. The van der Waals surface area contributed by atoms with Crippen LogP contribution < -0.4 is 9.64 Å². The first-order chi connectivity index (χ1) is 15.9. The third-order valence-corrected chi connectivity index (χ3v) is 6.27. The minimum atomic E-state index is -3.03. The standard InChI is InChI=1S/C23H23F3N4O3/c24-15-8-14(9-18(10-15)33-23(25)26)20-2-1-5-29(20)16-3-7-30-21(11-16)19(12-27-30)22(32)28-6-4-17(31)13-28/h3,7-12,17,20,23,31H,1-2,4-6,13H2/t17-,20?/m0/s1. The Kier molecular flexibility index (Phi) is 5.61. The van der Waals surface area contributed by atoms with Crippen molar-refractivity contribution in [2.45, 2.75) is 38.0 Å². The number of anilines is 1. The van der Waals surface area contributed by atoms with Crippen LogP contribution in [0.15, 0.2) is 42.7 Å². The molecule has 0 bridgehead atoms. The van der Waals surface area contributed by atoms with Crippen molar-refractivity contribution in [3.63, 3.8) is 0 Å². The number of fused-ring (bicyclic) bond motifs is 1. The van der Waals surface area contributed by atoms with Gasteiger partial charge in [-0.05, 0) is 49.1 Å². The number of benzene rings is 1. The molecular formula is C23H23F3N4O3. The van der Waals surface area contributed by atoms with E-state index in [0.29, 0.717) is 42.7 Å². The zero-order valence-electron chi connectivity index (χ0n) is 17.7.